The van der Waals surface area contributed by atoms with Gasteiger partial charge in [-0.25, -0.2) is 0 Å². The Bertz CT molecular complexity index is 424. The van der Waals surface area contributed by atoms with Crippen molar-refractivity contribution >= 4 is 16.2 Å². The molecule has 0 amide bonds. The molecule has 118 valence electrons. The molecule has 6 nitrogen and oxygen atoms in total. The number of methoxy groups -OCH3 is 1. The standard InChI is InChI=1S/C13H26N2O4S/c1-11-6-5-7-12(10-11)15(3)20(17,18)14(2)9-8-13(16)19-4/h11-12H,5-10H2,1-4H3. The van der Waals surface area contributed by atoms with E-state index in [2.05, 4.69) is 11.7 Å². The fraction of sp³-hybridized carbons (Fsp3) is 0.923. The number of ether oxygens (including phenoxy) is 1. The zero-order valence-corrected chi connectivity index (χ0v) is 13.6. The predicted octanol–water partition coefficient (Wildman–Crippen LogP) is 1.24. The highest BCUT2D eigenvalue weighted by atomic mass is 32.2. The molecule has 0 spiro atoms. The second kappa shape index (κ2) is 7.38. The van der Waals surface area contributed by atoms with Crippen LogP contribution in [0, 0.1) is 5.92 Å². The first-order valence-electron chi connectivity index (χ1n) is 7.05. The molecule has 20 heavy (non-hydrogen) atoms. The van der Waals surface area contributed by atoms with E-state index in [0.29, 0.717) is 5.92 Å². The van der Waals surface area contributed by atoms with E-state index in [-0.39, 0.29) is 19.0 Å². The quantitative estimate of drug-likeness (QED) is 0.692. The Balaban J connectivity index is 2.63. The van der Waals surface area contributed by atoms with Gasteiger partial charge in [-0.15, -0.1) is 0 Å². The number of hydrogen-bond donors (Lipinski definition) is 0. The van der Waals surface area contributed by atoms with Crippen molar-refractivity contribution in [3.63, 3.8) is 0 Å². The molecular formula is C13H26N2O4S. The van der Waals surface area contributed by atoms with Crippen LogP contribution in [0.25, 0.3) is 0 Å². The lowest BCUT2D eigenvalue weighted by molar-refractivity contribution is -0.140. The maximum Gasteiger partial charge on any atom is 0.306 e. The molecule has 2 unspecified atom stereocenters. The number of esters is 1. The highest BCUT2D eigenvalue weighted by Gasteiger charge is 2.32. The summed E-state index contributed by atoms with van der Waals surface area (Å²) in [7, 11) is 0.924. The van der Waals surface area contributed by atoms with Crippen LogP contribution >= 0.6 is 0 Å². The summed E-state index contributed by atoms with van der Waals surface area (Å²) < 4.78 is 32.1. The summed E-state index contributed by atoms with van der Waals surface area (Å²) in [4.78, 5) is 11.1. The summed E-state index contributed by atoms with van der Waals surface area (Å²) in [5.74, 6) is 0.160. The monoisotopic (exact) mass is 306 g/mol. The third-order valence-electron chi connectivity index (χ3n) is 4.04. The average molecular weight is 306 g/mol. The molecule has 1 aliphatic carbocycles. The zero-order valence-electron chi connectivity index (χ0n) is 12.8. The van der Waals surface area contributed by atoms with Gasteiger partial charge < -0.3 is 4.74 Å². The van der Waals surface area contributed by atoms with E-state index in [1.807, 2.05) is 0 Å². The summed E-state index contributed by atoms with van der Waals surface area (Å²) in [6.45, 7) is 2.30. The SMILES string of the molecule is COC(=O)CCN(C)S(=O)(=O)N(C)C1CCCC(C)C1. The summed E-state index contributed by atoms with van der Waals surface area (Å²) in [6.07, 6.45) is 4.12. The van der Waals surface area contributed by atoms with Crippen molar-refractivity contribution in [2.45, 2.75) is 45.1 Å². The van der Waals surface area contributed by atoms with E-state index in [1.54, 1.807) is 7.05 Å². The Morgan fingerprint density at radius 2 is 1.95 bits per heavy atom. The van der Waals surface area contributed by atoms with Crippen molar-refractivity contribution in [1.82, 2.24) is 8.61 Å². The number of carbonyl (C=O) groups excluding carboxylic acids is 1. The van der Waals surface area contributed by atoms with Crippen molar-refractivity contribution in [1.29, 1.82) is 0 Å². The van der Waals surface area contributed by atoms with E-state index < -0.39 is 16.2 Å². The molecule has 0 radical (unpaired) electrons. The van der Waals surface area contributed by atoms with E-state index in [0.717, 1.165) is 19.3 Å². The minimum Gasteiger partial charge on any atom is -0.469 e. The minimum absolute atomic E-state index is 0.0596. The third-order valence-corrected chi connectivity index (χ3v) is 6.04. The van der Waals surface area contributed by atoms with E-state index in [9.17, 15) is 13.2 Å². The zero-order chi connectivity index (χ0) is 15.3. The molecule has 0 aromatic rings. The predicted molar refractivity (Wildman–Crippen MR) is 77.4 cm³/mol. The first-order valence-corrected chi connectivity index (χ1v) is 8.44. The second-order valence-corrected chi connectivity index (χ2v) is 7.69. The molecule has 0 saturated heterocycles. The van der Waals surface area contributed by atoms with Gasteiger partial charge in [0.15, 0.2) is 0 Å². The van der Waals surface area contributed by atoms with Gasteiger partial charge in [0.25, 0.3) is 10.2 Å². The Morgan fingerprint density at radius 1 is 1.30 bits per heavy atom. The minimum atomic E-state index is -3.51. The lowest BCUT2D eigenvalue weighted by Crippen LogP contribution is -2.46. The lowest BCUT2D eigenvalue weighted by atomic mass is 9.87. The van der Waals surface area contributed by atoms with Gasteiger partial charge in [-0.05, 0) is 18.8 Å². The summed E-state index contributed by atoms with van der Waals surface area (Å²) in [6, 6.07) is 0.0596. The van der Waals surface area contributed by atoms with Crippen LogP contribution < -0.4 is 0 Å². The summed E-state index contributed by atoms with van der Waals surface area (Å²) in [5.41, 5.74) is 0. The normalized spacial score (nSPS) is 24.1. The Kier molecular flexibility index (Phi) is 6.42. The molecule has 1 rings (SSSR count). The van der Waals surface area contributed by atoms with Gasteiger partial charge in [0.1, 0.15) is 0 Å². The largest absolute Gasteiger partial charge is 0.469 e. The van der Waals surface area contributed by atoms with Gasteiger partial charge in [0.05, 0.1) is 13.5 Å². The van der Waals surface area contributed by atoms with Crippen LogP contribution in [-0.4, -0.2) is 56.8 Å². The summed E-state index contributed by atoms with van der Waals surface area (Å²) >= 11 is 0. The number of carbonyl (C=O) groups is 1. The molecule has 0 aromatic heterocycles. The van der Waals surface area contributed by atoms with Crippen LogP contribution in [0.2, 0.25) is 0 Å². The van der Waals surface area contributed by atoms with Gasteiger partial charge in [0, 0.05) is 26.7 Å². The highest BCUT2D eigenvalue weighted by molar-refractivity contribution is 7.86. The van der Waals surface area contributed by atoms with Crippen molar-refractivity contribution in [2.75, 3.05) is 27.7 Å². The van der Waals surface area contributed by atoms with E-state index in [4.69, 9.17) is 0 Å². The van der Waals surface area contributed by atoms with Crippen molar-refractivity contribution in [3.8, 4) is 0 Å². The van der Waals surface area contributed by atoms with Crippen molar-refractivity contribution in [2.24, 2.45) is 5.92 Å². The maximum atomic E-state index is 12.4. The van der Waals surface area contributed by atoms with Gasteiger partial charge in [-0.3, -0.25) is 4.79 Å². The number of hydrogen-bond acceptors (Lipinski definition) is 4. The van der Waals surface area contributed by atoms with Crippen LogP contribution in [0.3, 0.4) is 0 Å². The molecule has 1 fully saturated rings. The molecule has 1 aliphatic rings. The first kappa shape index (κ1) is 17.4. The molecular weight excluding hydrogens is 280 g/mol. The fourth-order valence-corrected chi connectivity index (χ4v) is 3.94. The third kappa shape index (κ3) is 4.43. The van der Waals surface area contributed by atoms with Crippen molar-refractivity contribution in [3.05, 3.63) is 0 Å². The van der Waals surface area contributed by atoms with E-state index in [1.165, 1.54) is 29.2 Å². The molecule has 0 heterocycles. The Labute approximate surface area is 122 Å². The van der Waals surface area contributed by atoms with E-state index >= 15 is 0 Å². The van der Waals surface area contributed by atoms with Crippen LogP contribution in [0.4, 0.5) is 0 Å². The molecule has 0 aromatic carbocycles. The van der Waals surface area contributed by atoms with Gasteiger partial charge in [-0.2, -0.15) is 17.0 Å². The second-order valence-electron chi connectivity index (χ2n) is 5.60. The van der Waals surface area contributed by atoms with Gasteiger partial charge in [0.2, 0.25) is 0 Å². The van der Waals surface area contributed by atoms with Crippen molar-refractivity contribution < 1.29 is 17.9 Å². The number of nitrogens with zero attached hydrogens (tertiary/aromatic N) is 2. The topological polar surface area (TPSA) is 66.9 Å². The van der Waals surface area contributed by atoms with Gasteiger partial charge in [-0.1, -0.05) is 19.8 Å². The Hall–Kier alpha value is -0.660. The maximum absolute atomic E-state index is 12.4. The van der Waals surface area contributed by atoms with Crippen LogP contribution in [0.5, 0.6) is 0 Å². The Morgan fingerprint density at radius 3 is 2.50 bits per heavy atom. The first-order chi connectivity index (χ1) is 9.28. The molecule has 1 saturated carbocycles. The molecule has 0 N–H and O–H groups in total. The van der Waals surface area contributed by atoms with Crippen LogP contribution in [0.15, 0.2) is 0 Å². The smallest absolute Gasteiger partial charge is 0.306 e. The summed E-state index contributed by atoms with van der Waals surface area (Å²) in [5, 5.41) is 0. The fourth-order valence-electron chi connectivity index (χ4n) is 2.61. The lowest BCUT2D eigenvalue weighted by Gasteiger charge is -2.35. The van der Waals surface area contributed by atoms with Crippen LogP contribution in [-0.2, 0) is 19.7 Å². The molecule has 0 bridgehead atoms. The molecule has 7 heteroatoms. The molecule has 2 atom stereocenters. The number of rotatable bonds is 6. The average Bonchev–Trinajstić information content (AvgIpc) is 2.43. The highest BCUT2D eigenvalue weighted by Crippen LogP contribution is 2.28. The van der Waals surface area contributed by atoms with Gasteiger partial charge >= 0.3 is 5.97 Å². The van der Waals surface area contributed by atoms with Crippen LogP contribution in [0.1, 0.15) is 39.0 Å². The molecule has 0 aliphatic heterocycles.